The summed E-state index contributed by atoms with van der Waals surface area (Å²) in [6, 6.07) is 0. The van der Waals surface area contributed by atoms with Crippen molar-refractivity contribution in [2.45, 2.75) is 38.7 Å². The van der Waals surface area contributed by atoms with Gasteiger partial charge >= 0.3 is 0 Å². The second-order valence-electron chi connectivity index (χ2n) is 5.75. The average molecular weight is 299 g/mol. The quantitative estimate of drug-likeness (QED) is 0.730. The minimum Gasteiger partial charge on any atom is -0.392 e. The van der Waals surface area contributed by atoms with Crippen LogP contribution in [0.4, 0.5) is 0 Å². The molecule has 0 spiro atoms. The van der Waals surface area contributed by atoms with Gasteiger partial charge in [-0.15, -0.1) is 0 Å². The van der Waals surface area contributed by atoms with Gasteiger partial charge in [0.25, 0.3) is 0 Å². The highest BCUT2D eigenvalue weighted by atomic mass is 32.1. The molecule has 1 unspecified atom stereocenters. The van der Waals surface area contributed by atoms with E-state index >= 15 is 0 Å². The summed E-state index contributed by atoms with van der Waals surface area (Å²) in [5, 5.41) is 3.00. The van der Waals surface area contributed by atoms with Crippen molar-refractivity contribution in [3.63, 3.8) is 0 Å². The molecule has 114 valence electrons. The highest BCUT2D eigenvalue weighted by Crippen LogP contribution is 2.38. The van der Waals surface area contributed by atoms with E-state index in [0.717, 1.165) is 51.9 Å². The van der Waals surface area contributed by atoms with Gasteiger partial charge in [-0.05, 0) is 19.4 Å². The van der Waals surface area contributed by atoms with Crippen LogP contribution in [0, 0.1) is 5.41 Å². The van der Waals surface area contributed by atoms with Crippen LogP contribution >= 0.6 is 12.2 Å². The zero-order valence-corrected chi connectivity index (χ0v) is 13.0. The number of carbonyl (C=O) groups is 1. The lowest BCUT2D eigenvalue weighted by molar-refractivity contribution is -0.128. The number of rotatable bonds is 5. The van der Waals surface area contributed by atoms with Crippen molar-refractivity contribution in [2.24, 2.45) is 11.1 Å². The van der Waals surface area contributed by atoms with Crippen molar-refractivity contribution in [3.05, 3.63) is 0 Å². The summed E-state index contributed by atoms with van der Waals surface area (Å²) in [6.45, 7) is 6.27. The smallest absolute Gasteiger partial charge is 0.233 e. The highest BCUT2D eigenvalue weighted by Gasteiger charge is 2.44. The Morgan fingerprint density at radius 3 is 2.80 bits per heavy atom. The molecule has 2 fully saturated rings. The van der Waals surface area contributed by atoms with Crippen LogP contribution in [0.15, 0.2) is 0 Å². The molecule has 2 rings (SSSR count). The predicted octanol–water partition coefficient (Wildman–Crippen LogP) is 0.670. The van der Waals surface area contributed by atoms with E-state index in [0.29, 0.717) is 11.5 Å². The number of thiocarbonyl (C=S) groups is 1. The second-order valence-corrected chi connectivity index (χ2v) is 6.19. The zero-order valence-electron chi connectivity index (χ0n) is 12.2. The fourth-order valence-electron chi connectivity index (χ4n) is 3.13. The number of morpholine rings is 1. The molecule has 20 heavy (non-hydrogen) atoms. The molecule has 1 heterocycles. The van der Waals surface area contributed by atoms with Gasteiger partial charge in [0.2, 0.25) is 5.91 Å². The molecule has 0 aromatic carbocycles. The summed E-state index contributed by atoms with van der Waals surface area (Å²) in [5.41, 5.74) is 5.20. The summed E-state index contributed by atoms with van der Waals surface area (Å²) in [5.74, 6) is -0.0141. The minimum atomic E-state index is -0.617. The maximum atomic E-state index is 12.5. The number of nitrogens with zero attached hydrogens (tertiary/aromatic N) is 1. The van der Waals surface area contributed by atoms with Gasteiger partial charge < -0.3 is 15.8 Å². The van der Waals surface area contributed by atoms with Gasteiger partial charge in [0.05, 0.1) is 23.1 Å². The molecular formula is C14H25N3O2S. The van der Waals surface area contributed by atoms with Gasteiger partial charge in [-0.2, -0.15) is 0 Å². The molecule has 1 aliphatic carbocycles. The van der Waals surface area contributed by atoms with Gasteiger partial charge in [-0.3, -0.25) is 9.69 Å². The van der Waals surface area contributed by atoms with Crippen LogP contribution in [0.5, 0.6) is 0 Å². The Hall–Kier alpha value is -0.720. The Morgan fingerprint density at radius 2 is 2.20 bits per heavy atom. The van der Waals surface area contributed by atoms with Crippen molar-refractivity contribution < 1.29 is 9.53 Å². The Morgan fingerprint density at radius 1 is 1.50 bits per heavy atom. The van der Waals surface area contributed by atoms with Crippen molar-refractivity contribution in [2.75, 3.05) is 32.8 Å². The Bertz CT molecular complexity index is 369. The minimum absolute atomic E-state index is 0.0141. The van der Waals surface area contributed by atoms with E-state index < -0.39 is 5.41 Å². The van der Waals surface area contributed by atoms with Crippen LogP contribution in [0.3, 0.4) is 0 Å². The Labute approximate surface area is 126 Å². The molecule has 6 heteroatoms. The molecule has 3 N–H and O–H groups in total. The molecular weight excluding hydrogens is 274 g/mol. The maximum Gasteiger partial charge on any atom is 0.233 e. The standard InChI is InChI=1S/C14H25N3O2S/c1-2-17-7-8-19-11(10-17)9-16-13(18)14(12(15)20)5-3-4-6-14/h11H,2-10H2,1H3,(H2,15,20)(H,16,18). The van der Waals surface area contributed by atoms with Crippen molar-refractivity contribution >= 4 is 23.1 Å². The molecule has 0 aromatic heterocycles. The number of nitrogens with two attached hydrogens (primary N) is 1. The van der Waals surface area contributed by atoms with Gasteiger partial charge in [-0.1, -0.05) is 32.0 Å². The van der Waals surface area contributed by atoms with Crippen LogP contribution in [0.25, 0.3) is 0 Å². The molecule has 1 saturated heterocycles. The van der Waals surface area contributed by atoms with Gasteiger partial charge in [0, 0.05) is 19.6 Å². The van der Waals surface area contributed by atoms with Crippen molar-refractivity contribution in [3.8, 4) is 0 Å². The predicted molar refractivity (Wildman–Crippen MR) is 82.6 cm³/mol. The topological polar surface area (TPSA) is 67.6 Å². The molecule has 0 bridgehead atoms. The third-order valence-corrected chi connectivity index (χ3v) is 4.91. The van der Waals surface area contributed by atoms with Crippen LogP contribution in [-0.2, 0) is 9.53 Å². The first-order valence-electron chi connectivity index (χ1n) is 7.50. The zero-order chi connectivity index (χ0) is 14.6. The molecule has 2 aliphatic rings. The Kier molecular flexibility index (Phi) is 5.35. The van der Waals surface area contributed by atoms with E-state index in [1.807, 2.05) is 0 Å². The van der Waals surface area contributed by atoms with E-state index in [2.05, 4.69) is 17.1 Å². The molecule has 0 radical (unpaired) electrons. The fraction of sp³-hybridized carbons (Fsp3) is 0.857. The average Bonchev–Trinajstić information content (AvgIpc) is 2.96. The van der Waals surface area contributed by atoms with Crippen LogP contribution < -0.4 is 11.1 Å². The molecule has 1 atom stereocenters. The summed E-state index contributed by atoms with van der Waals surface area (Å²) in [4.78, 5) is 15.1. The fourth-order valence-corrected chi connectivity index (χ4v) is 3.43. The molecule has 5 nitrogen and oxygen atoms in total. The van der Waals surface area contributed by atoms with E-state index in [1.165, 1.54) is 0 Å². The Balaban J connectivity index is 1.86. The van der Waals surface area contributed by atoms with Crippen molar-refractivity contribution in [1.29, 1.82) is 0 Å². The van der Waals surface area contributed by atoms with E-state index in [-0.39, 0.29) is 12.0 Å². The molecule has 1 saturated carbocycles. The highest BCUT2D eigenvalue weighted by molar-refractivity contribution is 7.80. The monoisotopic (exact) mass is 299 g/mol. The SMILES string of the molecule is CCN1CCOC(CNC(=O)C2(C(N)=S)CCCC2)C1. The maximum absolute atomic E-state index is 12.5. The van der Waals surface area contributed by atoms with Crippen molar-refractivity contribution in [1.82, 2.24) is 10.2 Å². The normalized spacial score (nSPS) is 26.4. The van der Waals surface area contributed by atoms with Gasteiger partial charge in [-0.25, -0.2) is 0 Å². The van der Waals surface area contributed by atoms with Crippen LogP contribution in [0.1, 0.15) is 32.6 Å². The van der Waals surface area contributed by atoms with E-state index in [4.69, 9.17) is 22.7 Å². The van der Waals surface area contributed by atoms with E-state index in [1.54, 1.807) is 0 Å². The summed E-state index contributed by atoms with van der Waals surface area (Å²) in [6.07, 6.45) is 3.67. The van der Waals surface area contributed by atoms with E-state index in [9.17, 15) is 4.79 Å². The lowest BCUT2D eigenvalue weighted by Crippen LogP contribution is -2.52. The third kappa shape index (κ3) is 3.30. The number of likely N-dealkylation sites (N-methyl/N-ethyl adjacent to an activating group) is 1. The number of ether oxygens (including phenoxy) is 1. The van der Waals surface area contributed by atoms with Crippen LogP contribution in [0.2, 0.25) is 0 Å². The molecule has 1 aliphatic heterocycles. The number of nitrogens with one attached hydrogen (secondary N) is 1. The van der Waals surface area contributed by atoms with Gasteiger partial charge in [0.15, 0.2) is 0 Å². The first kappa shape index (κ1) is 15.7. The first-order chi connectivity index (χ1) is 9.58. The number of hydrogen-bond donors (Lipinski definition) is 2. The first-order valence-corrected chi connectivity index (χ1v) is 7.91. The lowest BCUT2D eigenvalue weighted by atomic mass is 9.85. The molecule has 1 amide bonds. The van der Waals surface area contributed by atoms with Crippen LogP contribution in [-0.4, -0.2) is 54.7 Å². The third-order valence-electron chi connectivity index (χ3n) is 4.52. The summed E-state index contributed by atoms with van der Waals surface area (Å²) >= 11 is 5.13. The number of amides is 1. The summed E-state index contributed by atoms with van der Waals surface area (Å²) in [7, 11) is 0. The van der Waals surface area contributed by atoms with Gasteiger partial charge in [0.1, 0.15) is 0 Å². The number of hydrogen-bond acceptors (Lipinski definition) is 4. The lowest BCUT2D eigenvalue weighted by Gasteiger charge is -2.33. The summed E-state index contributed by atoms with van der Waals surface area (Å²) < 4.78 is 5.70. The largest absolute Gasteiger partial charge is 0.392 e. The molecule has 0 aromatic rings. The number of carbonyl (C=O) groups excluding carboxylic acids is 1. The second kappa shape index (κ2) is 6.83.